The molecular weight excluding hydrogens is 399 g/mol. The number of nitrogens with one attached hydrogen (secondary N) is 1. The molecule has 0 aliphatic carbocycles. The molecule has 0 atom stereocenters. The van der Waals surface area contributed by atoms with Crippen LogP contribution >= 0.6 is 35.4 Å². The Morgan fingerprint density at radius 3 is 2.07 bits per heavy atom. The molecule has 7 heteroatoms. The zero-order valence-corrected chi connectivity index (χ0v) is 16.8. The van der Waals surface area contributed by atoms with Crippen LogP contribution < -0.4 is 5.32 Å². The monoisotopic (exact) mass is 416 g/mol. The summed E-state index contributed by atoms with van der Waals surface area (Å²) in [5.41, 5.74) is 2.79. The van der Waals surface area contributed by atoms with Gasteiger partial charge in [0.1, 0.15) is 0 Å². The van der Waals surface area contributed by atoms with Crippen molar-refractivity contribution in [3.8, 4) is 0 Å². The van der Waals surface area contributed by atoms with Crippen LogP contribution in [0.25, 0.3) is 0 Å². The average molecular weight is 417 g/mol. The van der Waals surface area contributed by atoms with E-state index < -0.39 is 0 Å². The molecule has 3 aromatic rings. The van der Waals surface area contributed by atoms with Crippen LogP contribution in [-0.4, -0.2) is 20.0 Å². The van der Waals surface area contributed by atoms with Crippen LogP contribution in [0.1, 0.15) is 17.0 Å². The van der Waals surface area contributed by atoms with E-state index in [-0.39, 0.29) is 0 Å². The summed E-state index contributed by atoms with van der Waals surface area (Å²) in [5, 5.41) is 5.10. The number of hydrogen-bond donors (Lipinski definition) is 1. The summed E-state index contributed by atoms with van der Waals surface area (Å²) in [6, 6.07) is 17.1. The third-order valence-corrected chi connectivity index (χ3v) is 4.88. The maximum Gasteiger partial charge on any atom is 0.169 e. The van der Waals surface area contributed by atoms with Gasteiger partial charge >= 0.3 is 0 Å². The van der Waals surface area contributed by atoms with Crippen LogP contribution in [0.5, 0.6) is 0 Å². The van der Waals surface area contributed by atoms with E-state index in [4.69, 9.17) is 35.4 Å². The zero-order chi connectivity index (χ0) is 19.1. The van der Waals surface area contributed by atoms with Crippen molar-refractivity contribution >= 4 is 40.5 Å². The first kappa shape index (κ1) is 19.5. The molecule has 2 heterocycles. The lowest BCUT2D eigenvalue weighted by Gasteiger charge is -2.25. The molecule has 0 spiro atoms. The molecule has 0 radical (unpaired) electrons. The van der Waals surface area contributed by atoms with Crippen molar-refractivity contribution in [2.24, 2.45) is 0 Å². The van der Waals surface area contributed by atoms with Gasteiger partial charge in [0.05, 0.1) is 24.5 Å². The quantitative estimate of drug-likeness (QED) is 0.580. The highest BCUT2D eigenvalue weighted by atomic mass is 35.5. The van der Waals surface area contributed by atoms with E-state index in [1.54, 1.807) is 18.5 Å². The number of aromatic nitrogens is 2. The minimum Gasteiger partial charge on any atom is -0.358 e. The minimum absolute atomic E-state index is 0.510. The topological polar surface area (TPSA) is 41.0 Å². The predicted molar refractivity (Wildman–Crippen MR) is 114 cm³/mol. The zero-order valence-electron chi connectivity index (χ0n) is 14.5. The lowest BCUT2D eigenvalue weighted by molar-refractivity contribution is 0.389. The second-order valence-corrected chi connectivity index (χ2v) is 7.12. The number of halogens is 2. The predicted octanol–water partition coefficient (Wildman–Crippen LogP) is 4.86. The lowest BCUT2D eigenvalue weighted by atomic mass is 10.2. The van der Waals surface area contributed by atoms with Crippen molar-refractivity contribution in [2.75, 3.05) is 0 Å². The number of pyridine rings is 2. The molecule has 0 aliphatic rings. The summed E-state index contributed by atoms with van der Waals surface area (Å²) in [7, 11) is 0. The van der Waals surface area contributed by atoms with Gasteiger partial charge in [0.15, 0.2) is 5.11 Å². The van der Waals surface area contributed by atoms with Crippen LogP contribution in [0.3, 0.4) is 0 Å². The van der Waals surface area contributed by atoms with Gasteiger partial charge in [0.25, 0.3) is 0 Å². The first-order valence-electron chi connectivity index (χ1n) is 8.38. The Kier molecular flexibility index (Phi) is 6.98. The minimum atomic E-state index is 0.510. The molecule has 138 valence electrons. The fourth-order valence-electron chi connectivity index (χ4n) is 2.52. The third kappa shape index (κ3) is 5.89. The molecule has 2 aromatic heterocycles. The van der Waals surface area contributed by atoms with Crippen molar-refractivity contribution < 1.29 is 0 Å². The summed E-state index contributed by atoms with van der Waals surface area (Å²) in [5.74, 6) is 0. The molecule has 1 N–H and O–H groups in total. The molecule has 3 rings (SSSR count). The highest BCUT2D eigenvalue weighted by Crippen LogP contribution is 2.21. The molecular formula is C20H18Cl2N4S. The Morgan fingerprint density at radius 2 is 1.56 bits per heavy atom. The van der Waals surface area contributed by atoms with Crippen LogP contribution in [0, 0.1) is 0 Å². The largest absolute Gasteiger partial charge is 0.358 e. The number of benzene rings is 1. The SMILES string of the molecule is S=C(NCc1ccc(Cl)cc1Cl)N(Cc1ccccn1)Cc1ccccn1. The lowest BCUT2D eigenvalue weighted by Crippen LogP contribution is -2.39. The molecule has 0 aliphatic heterocycles. The smallest absolute Gasteiger partial charge is 0.169 e. The first-order valence-corrected chi connectivity index (χ1v) is 9.55. The first-order chi connectivity index (χ1) is 13.1. The van der Waals surface area contributed by atoms with Gasteiger partial charge in [-0.15, -0.1) is 0 Å². The van der Waals surface area contributed by atoms with Crippen molar-refractivity contribution in [1.82, 2.24) is 20.2 Å². The van der Waals surface area contributed by atoms with E-state index >= 15 is 0 Å². The van der Waals surface area contributed by atoms with Crippen LogP contribution in [0.15, 0.2) is 67.0 Å². The second-order valence-electron chi connectivity index (χ2n) is 5.89. The maximum atomic E-state index is 6.25. The number of nitrogens with zero attached hydrogens (tertiary/aromatic N) is 3. The van der Waals surface area contributed by atoms with Gasteiger partial charge in [0, 0.05) is 29.0 Å². The second kappa shape index (κ2) is 9.65. The fourth-order valence-corrected chi connectivity index (χ4v) is 3.20. The Morgan fingerprint density at radius 1 is 0.926 bits per heavy atom. The van der Waals surface area contributed by atoms with Gasteiger partial charge in [-0.1, -0.05) is 41.4 Å². The molecule has 1 aromatic carbocycles. The van der Waals surface area contributed by atoms with E-state index in [1.807, 2.05) is 53.4 Å². The van der Waals surface area contributed by atoms with Crippen molar-refractivity contribution in [2.45, 2.75) is 19.6 Å². The molecule has 27 heavy (non-hydrogen) atoms. The van der Waals surface area contributed by atoms with E-state index in [0.717, 1.165) is 17.0 Å². The summed E-state index contributed by atoms with van der Waals surface area (Å²) in [4.78, 5) is 10.8. The van der Waals surface area contributed by atoms with E-state index in [0.29, 0.717) is 34.8 Å². The fraction of sp³-hybridized carbons (Fsp3) is 0.150. The number of rotatable bonds is 6. The van der Waals surface area contributed by atoms with Crippen molar-refractivity contribution in [3.63, 3.8) is 0 Å². The summed E-state index contributed by atoms with van der Waals surface area (Å²) < 4.78 is 0. The van der Waals surface area contributed by atoms with Gasteiger partial charge in [-0.05, 0) is 54.2 Å². The Labute approximate surface area is 174 Å². The molecule has 0 saturated carbocycles. The molecule has 0 saturated heterocycles. The summed E-state index contributed by atoms with van der Waals surface area (Å²) in [6.45, 7) is 1.67. The maximum absolute atomic E-state index is 6.25. The average Bonchev–Trinajstić information content (AvgIpc) is 2.68. The molecule has 4 nitrogen and oxygen atoms in total. The van der Waals surface area contributed by atoms with Crippen molar-refractivity contribution in [3.05, 3.63) is 94.0 Å². The van der Waals surface area contributed by atoms with Crippen LogP contribution in [-0.2, 0) is 19.6 Å². The normalized spacial score (nSPS) is 10.4. The Bertz CT molecular complexity index is 849. The van der Waals surface area contributed by atoms with E-state index in [9.17, 15) is 0 Å². The summed E-state index contributed by atoms with van der Waals surface area (Å²) in [6.07, 6.45) is 3.55. The van der Waals surface area contributed by atoms with Gasteiger partial charge in [-0.25, -0.2) is 0 Å². The highest BCUT2D eigenvalue weighted by Gasteiger charge is 2.13. The Balaban J connectivity index is 1.71. The number of thiocarbonyl (C=S) groups is 1. The molecule has 0 unspecified atom stereocenters. The molecule has 0 amide bonds. The number of hydrogen-bond acceptors (Lipinski definition) is 3. The standard InChI is InChI=1S/C20H18Cl2N4S/c21-16-8-7-15(19(22)11-16)12-25-20(27)26(13-17-5-1-3-9-23-17)14-18-6-2-4-10-24-18/h1-11H,12-14H2,(H,25,27). The van der Waals surface area contributed by atoms with Crippen LogP contribution in [0.4, 0.5) is 0 Å². The van der Waals surface area contributed by atoms with Gasteiger partial charge in [-0.2, -0.15) is 0 Å². The molecule has 0 bridgehead atoms. The van der Waals surface area contributed by atoms with E-state index in [1.165, 1.54) is 0 Å². The van der Waals surface area contributed by atoms with Gasteiger partial charge in [-0.3, -0.25) is 9.97 Å². The van der Waals surface area contributed by atoms with Gasteiger partial charge in [0.2, 0.25) is 0 Å². The molecule has 0 fully saturated rings. The van der Waals surface area contributed by atoms with Gasteiger partial charge < -0.3 is 10.2 Å². The van der Waals surface area contributed by atoms with Crippen molar-refractivity contribution in [1.29, 1.82) is 0 Å². The summed E-state index contributed by atoms with van der Waals surface area (Å²) >= 11 is 17.8. The van der Waals surface area contributed by atoms with Crippen LogP contribution in [0.2, 0.25) is 10.0 Å². The third-order valence-electron chi connectivity index (χ3n) is 3.89. The highest BCUT2D eigenvalue weighted by molar-refractivity contribution is 7.80. The Hall–Kier alpha value is -2.21. The van der Waals surface area contributed by atoms with E-state index in [2.05, 4.69) is 15.3 Å².